The van der Waals surface area contributed by atoms with Crippen LogP contribution in [0.4, 0.5) is 0 Å². The predicted molar refractivity (Wildman–Crippen MR) is 353 cm³/mol. The highest BCUT2D eigenvalue weighted by atomic mass is 16.6. The van der Waals surface area contributed by atoms with Crippen LogP contribution in [0, 0.1) is 0 Å². The normalized spacial score (nSPS) is 12.5. The molecule has 0 spiro atoms. The molecule has 0 rings (SSSR count). The van der Waals surface area contributed by atoms with Crippen LogP contribution < -0.4 is 0 Å². The third kappa shape index (κ3) is 67.5. The molecule has 0 fully saturated rings. The average Bonchev–Trinajstić information content (AvgIpc) is 3.47. The summed E-state index contributed by atoms with van der Waals surface area (Å²) in [6.45, 7) is 6.56. The van der Waals surface area contributed by atoms with Gasteiger partial charge in [0.15, 0.2) is 6.10 Å². The largest absolute Gasteiger partial charge is 0.462 e. The standard InChI is InChI=1S/C75H134O6/c1-4-7-10-13-16-19-22-25-28-29-30-31-32-33-34-35-36-37-38-39-40-41-42-43-44-45-46-47-48-51-53-56-59-62-65-68-74(77)80-71-72(81-75(78)69-66-63-60-57-54-50-27-24-21-18-15-12-9-6-3)70-79-73(76)67-64-61-58-55-52-49-26-23-20-17-14-11-8-5-2/h7,10,16,19,24-25,27-28,30-31,33-34,72H,4-6,8-9,11-15,17-18,20-23,26,29,32,35-71H2,1-3H3/b10-7-,19-16-,27-24-,28-25-,31-30-,34-33-. The SMILES string of the molecule is CC/C=C\C/C=C\C/C=C\C/C=C\C/C=C\CCCCCCCCCCCCCCCCCCCCCC(=O)OCC(COC(=O)CCCCCCCCCCCCCCCC)OC(=O)CCCCCCC/C=C\CCCCCCC. The lowest BCUT2D eigenvalue weighted by molar-refractivity contribution is -0.167. The number of allylic oxidation sites excluding steroid dienone is 12. The lowest BCUT2D eigenvalue weighted by atomic mass is 10.0. The van der Waals surface area contributed by atoms with Gasteiger partial charge in [0.1, 0.15) is 13.2 Å². The molecule has 0 N–H and O–H groups in total. The third-order valence-corrected chi connectivity index (χ3v) is 15.7. The number of carbonyl (C=O) groups excluding carboxylic acids is 3. The molecule has 0 amide bonds. The molecule has 1 atom stereocenters. The number of rotatable bonds is 65. The lowest BCUT2D eigenvalue weighted by Crippen LogP contribution is -2.30. The topological polar surface area (TPSA) is 78.9 Å². The second-order valence-corrected chi connectivity index (χ2v) is 23.8. The molecule has 81 heavy (non-hydrogen) atoms. The van der Waals surface area contributed by atoms with Crippen molar-refractivity contribution in [1.29, 1.82) is 0 Å². The summed E-state index contributed by atoms with van der Waals surface area (Å²) in [6.07, 6.45) is 90.8. The Kier molecular flexibility index (Phi) is 66.6. The van der Waals surface area contributed by atoms with Crippen LogP contribution in [0.1, 0.15) is 367 Å². The van der Waals surface area contributed by atoms with E-state index in [2.05, 4.69) is 93.7 Å². The molecule has 0 saturated heterocycles. The van der Waals surface area contributed by atoms with Crippen molar-refractivity contribution in [3.63, 3.8) is 0 Å². The molecule has 0 aromatic rings. The summed E-state index contributed by atoms with van der Waals surface area (Å²) in [4.78, 5) is 38.3. The van der Waals surface area contributed by atoms with Crippen LogP contribution in [-0.2, 0) is 28.6 Å². The first-order valence-corrected chi connectivity index (χ1v) is 35.4. The van der Waals surface area contributed by atoms with Gasteiger partial charge in [0.25, 0.3) is 0 Å². The Balaban J connectivity index is 4.09. The minimum Gasteiger partial charge on any atom is -0.462 e. The fourth-order valence-electron chi connectivity index (χ4n) is 10.4. The van der Waals surface area contributed by atoms with Crippen molar-refractivity contribution in [3.05, 3.63) is 72.9 Å². The number of ether oxygens (including phenoxy) is 3. The van der Waals surface area contributed by atoms with E-state index >= 15 is 0 Å². The van der Waals surface area contributed by atoms with Crippen LogP contribution in [0.5, 0.6) is 0 Å². The second kappa shape index (κ2) is 69.3. The fourth-order valence-corrected chi connectivity index (χ4v) is 10.4. The number of esters is 3. The molecular formula is C75H134O6. The highest BCUT2D eigenvalue weighted by Crippen LogP contribution is 2.18. The van der Waals surface area contributed by atoms with Gasteiger partial charge in [-0.15, -0.1) is 0 Å². The summed E-state index contributed by atoms with van der Waals surface area (Å²) < 4.78 is 17.0. The van der Waals surface area contributed by atoms with Gasteiger partial charge in [-0.3, -0.25) is 14.4 Å². The second-order valence-electron chi connectivity index (χ2n) is 23.8. The van der Waals surface area contributed by atoms with Gasteiger partial charge in [-0.25, -0.2) is 0 Å². The van der Waals surface area contributed by atoms with Crippen LogP contribution >= 0.6 is 0 Å². The Labute approximate surface area is 503 Å². The summed E-state index contributed by atoms with van der Waals surface area (Å²) in [5, 5.41) is 0. The summed E-state index contributed by atoms with van der Waals surface area (Å²) in [5.74, 6) is -0.857. The Bertz CT molecular complexity index is 1490. The van der Waals surface area contributed by atoms with Gasteiger partial charge < -0.3 is 14.2 Å². The molecule has 6 nitrogen and oxygen atoms in total. The van der Waals surface area contributed by atoms with Gasteiger partial charge in [0.2, 0.25) is 0 Å². The van der Waals surface area contributed by atoms with Crippen LogP contribution in [0.25, 0.3) is 0 Å². The number of hydrogen-bond acceptors (Lipinski definition) is 6. The highest BCUT2D eigenvalue weighted by Gasteiger charge is 2.19. The van der Waals surface area contributed by atoms with Crippen LogP contribution in [-0.4, -0.2) is 37.2 Å². The van der Waals surface area contributed by atoms with Crippen molar-refractivity contribution in [2.75, 3.05) is 13.2 Å². The molecular weight excluding hydrogens is 997 g/mol. The summed E-state index contributed by atoms with van der Waals surface area (Å²) in [5.41, 5.74) is 0. The van der Waals surface area contributed by atoms with Crippen molar-refractivity contribution in [2.24, 2.45) is 0 Å². The summed E-state index contributed by atoms with van der Waals surface area (Å²) in [6, 6.07) is 0. The summed E-state index contributed by atoms with van der Waals surface area (Å²) >= 11 is 0. The van der Waals surface area contributed by atoms with Crippen LogP contribution in [0.15, 0.2) is 72.9 Å². The van der Waals surface area contributed by atoms with Crippen molar-refractivity contribution >= 4 is 17.9 Å². The van der Waals surface area contributed by atoms with E-state index in [-0.39, 0.29) is 31.1 Å². The molecule has 6 heteroatoms. The first kappa shape index (κ1) is 77.9. The molecule has 0 aromatic heterocycles. The van der Waals surface area contributed by atoms with E-state index in [0.717, 1.165) is 96.3 Å². The van der Waals surface area contributed by atoms with E-state index in [1.165, 1.54) is 231 Å². The van der Waals surface area contributed by atoms with E-state index in [9.17, 15) is 14.4 Å². The maximum Gasteiger partial charge on any atom is 0.306 e. The molecule has 0 aromatic carbocycles. The lowest BCUT2D eigenvalue weighted by Gasteiger charge is -2.18. The quantitative estimate of drug-likeness (QED) is 0.0261. The van der Waals surface area contributed by atoms with E-state index < -0.39 is 6.10 Å². The Morgan fingerprint density at radius 3 is 0.765 bits per heavy atom. The Morgan fingerprint density at radius 2 is 0.481 bits per heavy atom. The molecule has 470 valence electrons. The van der Waals surface area contributed by atoms with E-state index in [4.69, 9.17) is 14.2 Å². The zero-order chi connectivity index (χ0) is 58.5. The van der Waals surface area contributed by atoms with Crippen molar-refractivity contribution in [1.82, 2.24) is 0 Å². The maximum absolute atomic E-state index is 12.9. The van der Waals surface area contributed by atoms with Crippen molar-refractivity contribution in [3.8, 4) is 0 Å². The highest BCUT2D eigenvalue weighted by molar-refractivity contribution is 5.71. The van der Waals surface area contributed by atoms with Gasteiger partial charge >= 0.3 is 17.9 Å². The molecule has 0 aliphatic heterocycles. The number of unbranched alkanes of at least 4 members (excludes halogenated alkanes) is 42. The van der Waals surface area contributed by atoms with Crippen LogP contribution in [0.2, 0.25) is 0 Å². The first-order valence-electron chi connectivity index (χ1n) is 35.4. The number of carbonyl (C=O) groups is 3. The van der Waals surface area contributed by atoms with Gasteiger partial charge in [-0.1, -0.05) is 331 Å². The molecule has 0 saturated carbocycles. The molecule has 0 aliphatic rings. The molecule has 1 unspecified atom stereocenters. The van der Waals surface area contributed by atoms with E-state index in [0.29, 0.717) is 19.3 Å². The Morgan fingerprint density at radius 1 is 0.259 bits per heavy atom. The average molecular weight is 1130 g/mol. The Hall–Kier alpha value is -3.15. The predicted octanol–water partition coefficient (Wildman–Crippen LogP) is 24.4. The molecule has 0 bridgehead atoms. The molecule has 0 heterocycles. The molecule has 0 aliphatic carbocycles. The monoisotopic (exact) mass is 1130 g/mol. The van der Waals surface area contributed by atoms with Crippen LogP contribution in [0.3, 0.4) is 0 Å². The summed E-state index contributed by atoms with van der Waals surface area (Å²) in [7, 11) is 0. The van der Waals surface area contributed by atoms with Gasteiger partial charge in [-0.05, 0) is 89.9 Å². The smallest absolute Gasteiger partial charge is 0.306 e. The van der Waals surface area contributed by atoms with Crippen molar-refractivity contribution in [2.45, 2.75) is 374 Å². The van der Waals surface area contributed by atoms with Crippen molar-refractivity contribution < 1.29 is 28.6 Å². The maximum atomic E-state index is 12.9. The zero-order valence-electron chi connectivity index (χ0n) is 54.1. The van der Waals surface area contributed by atoms with Gasteiger partial charge in [0, 0.05) is 19.3 Å². The minimum atomic E-state index is -0.775. The van der Waals surface area contributed by atoms with E-state index in [1.54, 1.807) is 0 Å². The number of hydrogen-bond donors (Lipinski definition) is 0. The van der Waals surface area contributed by atoms with E-state index in [1.807, 2.05) is 0 Å². The fraction of sp³-hybridized carbons (Fsp3) is 0.800. The third-order valence-electron chi connectivity index (χ3n) is 15.7. The van der Waals surface area contributed by atoms with Gasteiger partial charge in [-0.2, -0.15) is 0 Å². The molecule has 0 radical (unpaired) electrons. The van der Waals surface area contributed by atoms with Gasteiger partial charge in [0.05, 0.1) is 0 Å². The first-order chi connectivity index (χ1) is 40.0. The zero-order valence-corrected chi connectivity index (χ0v) is 54.1. The minimum absolute atomic E-state index is 0.0717.